The molecule has 0 spiro atoms. The van der Waals surface area contributed by atoms with Gasteiger partial charge in [-0.1, -0.05) is 30.2 Å². The maximum Gasteiger partial charge on any atom is 0.262 e. The largest absolute Gasteiger partial charge is 0.490 e. The van der Waals surface area contributed by atoms with Crippen LogP contribution in [-0.4, -0.2) is 70.9 Å². The molecular weight excluding hydrogens is 654 g/mol. The number of likely N-dealkylation sites (tertiary alicyclic amines) is 1. The van der Waals surface area contributed by atoms with Crippen molar-refractivity contribution in [3.05, 3.63) is 94.6 Å². The highest BCUT2D eigenvalue weighted by Crippen LogP contribution is 2.33. The Labute approximate surface area is 289 Å². The van der Waals surface area contributed by atoms with E-state index in [0.717, 1.165) is 26.1 Å². The molecule has 0 atom stereocenters. The number of piperidine rings is 1. The first-order valence-electron chi connectivity index (χ1n) is 16.4. The molecule has 49 heavy (non-hydrogen) atoms. The van der Waals surface area contributed by atoms with Crippen LogP contribution in [0.4, 0.5) is 26.1 Å². The molecule has 258 valence electrons. The van der Waals surface area contributed by atoms with Crippen molar-refractivity contribution in [3.63, 3.8) is 0 Å². The second-order valence-corrected chi connectivity index (χ2v) is 11.9. The molecule has 1 aliphatic rings. The smallest absolute Gasteiger partial charge is 0.262 e. The van der Waals surface area contributed by atoms with Crippen molar-refractivity contribution in [1.29, 1.82) is 0 Å². The summed E-state index contributed by atoms with van der Waals surface area (Å²) < 4.78 is 41.0. The van der Waals surface area contributed by atoms with Gasteiger partial charge in [0.25, 0.3) is 11.8 Å². The number of benzene rings is 3. The number of carbonyl (C=O) groups excluding carboxylic acids is 2. The molecule has 2 N–H and O–H groups in total. The van der Waals surface area contributed by atoms with Gasteiger partial charge in [0.05, 0.1) is 17.3 Å². The van der Waals surface area contributed by atoms with E-state index in [-0.39, 0.29) is 45.5 Å². The first-order valence-corrected chi connectivity index (χ1v) is 16.7. The third-order valence-electron chi connectivity index (χ3n) is 8.07. The topological polar surface area (TPSA) is 109 Å². The van der Waals surface area contributed by atoms with E-state index in [0.29, 0.717) is 30.9 Å². The van der Waals surface area contributed by atoms with Crippen molar-refractivity contribution < 1.29 is 27.8 Å². The minimum Gasteiger partial charge on any atom is -0.490 e. The molecule has 0 saturated carbocycles. The van der Waals surface area contributed by atoms with E-state index in [1.165, 1.54) is 67.9 Å². The molecule has 3 aromatic carbocycles. The van der Waals surface area contributed by atoms with Crippen LogP contribution >= 0.6 is 11.6 Å². The van der Waals surface area contributed by atoms with E-state index in [4.69, 9.17) is 21.1 Å². The monoisotopic (exact) mass is 692 g/mol. The Balaban J connectivity index is 1.34. The van der Waals surface area contributed by atoms with Crippen LogP contribution in [0.15, 0.2) is 66.9 Å². The fraction of sp³-hybridized carbons (Fsp3) is 0.333. The number of aromatic nitrogens is 2. The quantitative estimate of drug-likeness (QED) is 0.128. The Morgan fingerprint density at radius 1 is 0.959 bits per heavy atom. The van der Waals surface area contributed by atoms with Gasteiger partial charge in [-0.3, -0.25) is 9.59 Å². The van der Waals surface area contributed by atoms with Gasteiger partial charge < -0.3 is 29.9 Å². The van der Waals surface area contributed by atoms with E-state index >= 15 is 0 Å². The van der Waals surface area contributed by atoms with Crippen molar-refractivity contribution in [1.82, 2.24) is 19.8 Å². The maximum atomic E-state index is 15.0. The molecule has 1 aromatic heterocycles. The van der Waals surface area contributed by atoms with Crippen LogP contribution in [-0.2, 0) is 0 Å². The molecule has 0 aliphatic carbocycles. The van der Waals surface area contributed by atoms with Crippen molar-refractivity contribution in [2.75, 3.05) is 50.0 Å². The average Bonchev–Trinajstić information content (AvgIpc) is 3.10. The lowest BCUT2D eigenvalue weighted by Crippen LogP contribution is -2.31. The Kier molecular flexibility index (Phi) is 12.3. The number of hydrogen-bond acceptors (Lipinski definition) is 8. The number of carbonyl (C=O) groups is 2. The lowest BCUT2D eigenvalue weighted by Gasteiger charge is -2.26. The minimum atomic E-state index is -0.746. The third kappa shape index (κ3) is 9.42. The molecule has 10 nitrogen and oxygen atoms in total. The van der Waals surface area contributed by atoms with Gasteiger partial charge >= 0.3 is 0 Å². The van der Waals surface area contributed by atoms with Crippen molar-refractivity contribution in [2.24, 2.45) is 0 Å². The molecule has 2 amide bonds. The highest BCUT2D eigenvalue weighted by molar-refractivity contribution is 6.32. The molecule has 1 saturated heterocycles. The Morgan fingerprint density at radius 2 is 1.71 bits per heavy atom. The summed E-state index contributed by atoms with van der Waals surface area (Å²) in [4.78, 5) is 38.8. The second kappa shape index (κ2) is 17.0. The summed E-state index contributed by atoms with van der Waals surface area (Å²) >= 11 is 6.52. The molecule has 13 heteroatoms. The number of ether oxygens (including phenoxy) is 2. The first-order chi connectivity index (χ1) is 23.7. The van der Waals surface area contributed by atoms with Crippen LogP contribution in [0.2, 0.25) is 5.02 Å². The lowest BCUT2D eigenvalue weighted by molar-refractivity contribution is 0.0772. The fourth-order valence-corrected chi connectivity index (χ4v) is 5.62. The van der Waals surface area contributed by atoms with E-state index in [1.807, 2.05) is 13.8 Å². The van der Waals surface area contributed by atoms with Gasteiger partial charge in [0.1, 0.15) is 17.1 Å². The standard InChI is InChI=1S/C36H39ClF2N6O4/c1-3-45(4-2)35(47)24-13-15-31(27(37)21-24)49-34-26(33(46)42-30-12-7-6-11-28(30)38)23-40-36(43-34)41-25-14-16-32(29(39)22-25)48-20-10-19-44-17-8-5-9-18-44/h6-7,11-16,21-23H,3-5,8-10,17-20H2,1-2H3,(H,42,46)(H,40,41,43). The van der Waals surface area contributed by atoms with Gasteiger partial charge in [-0.25, -0.2) is 13.8 Å². The third-order valence-corrected chi connectivity index (χ3v) is 8.36. The van der Waals surface area contributed by atoms with Crippen LogP contribution in [0.5, 0.6) is 17.4 Å². The minimum absolute atomic E-state index is 0.0171. The Hall–Kier alpha value is -4.81. The maximum absolute atomic E-state index is 15.0. The zero-order valence-electron chi connectivity index (χ0n) is 27.5. The normalized spacial score (nSPS) is 13.1. The molecule has 1 aliphatic heterocycles. The number of amides is 2. The molecule has 0 radical (unpaired) electrons. The number of halogens is 3. The van der Waals surface area contributed by atoms with Crippen LogP contribution in [0.3, 0.4) is 0 Å². The molecule has 0 bridgehead atoms. The average molecular weight is 693 g/mol. The summed E-state index contributed by atoms with van der Waals surface area (Å²) in [5.41, 5.74) is 0.500. The predicted molar refractivity (Wildman–Crippen MR) is 185 cm³/mol. The molecular formula is C36H39ClF2N6O4. The number of para-hydroxylation sites is 1. The predicted octanol–water partition coefficient (Wildman–Crippen LogP) is 7.93. The van der Waals surface area contributed by atoms with Crippen molar-refractivity contribution in [2.45, 2.75) is 39.5 Å². The van der Waals surface area contributed by atoms with Crippen LogP contribution in [0.25, 0.3) is 0 Å². The lowest BCUT2D eigenvalue weighted by atomic mass is 10.1. The zero-order chi connectivity index (χ0) is 34.8. The molecule has 2 heterocycles. The van der Waals surface area contributed by atoms with Crippen LogP contribution < -0.4 is 20.1 Å². The van der Waals surface area contributed by atoms with Crippen LogP contribution in [0, 0.1) is 11.6 Å². The van der Waals surface area contributed by atoms with Crippen molar-refractivity contribution in [3.8, 4) is 17.4 Å². The summed E-state index contributed by atoms with van der Waals surface area (Å²) in [7, 11) is 0. The number of nitrogens with zero attached hydrogens (tertiary/aromatic N) is 4. The molecule has 1 fully saturated rings. The molecule has 0 unspecified atom stereocenters. The van der Waals surface area contributed by atoms with Gasteiger partial charge in [0.2, 0.25) is 11.8 Å². The van der Waals surface area contributed by atoms with E-state index < -0.39 is 17.5 Å². The highest BCUT2D eigenvalue weighted by Gasteiger charge is 2.21. The van der Waals surface area contributed by atoms with Crippen LogP contribution in [0.1, 0.15) is 60.2 Å². The SMILES string of the molecule is CCN(CC)C(=O)c1ccc(Oc2nc(Nc3ccc(OCCCN4CCCCC4)c(F)c3)ncc2C(=O)Nc2ccccc2F)c(Cl)c1. The van der Waals surface area contributed by atoms with Gasteiger partial charge in [-0.05, 0) is 88.7 Å². The summed E-state index contributed by atoms with van der Waals surface area (Å²) in [6, 6.07) is 14.6. The molecule has 5 rings (SSSR count). The summed E-state index contributed by atoms with van der Waals surface area (Å²) in [6.45, 7) is 8.32. The first kappa shape index (κ1) is 35.5. The highest BCUT2D eigenvalue weighted by atomic mass is 35.5. The van der Waals surface area contributed by atoms with Gasteiger partial charge in [0.15, 0.2) is 11.6 Å². The van der Waals surface area contributed by atoms with Gasteiger partial charge in [-0.15, -0.1) is 0 Å². The van der Waals surface area contributed by atoms with E-state index in [2.05, 4.69) is 25.5 Å². The van der Waals surface area contributed by atoms with E-state index in [1.54, 1.807) is 23.1 Å². The summed E-state index contributed by atoms with van der Waals surface area (Å²) in [5, 5.41) is 5.51. The Morgan fingerprint density at radius 3 is 2.43 bits per heavy atom. The van der Waals surface area contributed by atoms with Gasteiger partial charge in [-0.2, -0.15) is 4.98 Å². The summed E-state index contributed by atoms with van der Waals surface area (Å²) in [5.74, 6) is -2.14. The molecule has 4 aromatic rings. The fourth-order valence-electron chi connectivity index (χ4n) is 5.40. The van der Waals surface area contributed by atoms with Gasteiger partial charge in [0, 0.05) is 43.1 Å². The number of hydrogen-bond donors (Lipinski definition) is 2. The Bertz CT molecular complexity index is 1770. The number of rotatable bonds is 14. The zero-order valence-corrected chi connectivity index (χ0v) is 28.2. The number of anilines is 3. The number of nitrogens with one attached hydrogen (secondary N) is 2. The van der Waals surface area contributed by atoms with Crippen molar-refractivity contribution >= 4 is 40.7 Å². The summed E-state index contributed by atoms with van der Waals surface area (Å²) in [6.07, 6.45) is 5.70. The second-order valence-electron chi connectivity index (χ2n) is 11.4. The van der Waals surface area contributed by atoms with E-state index in [9.17, 15) is 18.4 Å².